The first-order valence-corrected chi connectivity index (χ1v) is 6.60. The zero-order valence-corrected chi connectivity index (χ0v) is 10.9. The zero-order valence-electron chi connectivity index (χ0n) is 10.1. The molecule has 0 aliphatic heterocycles. The summed E-state index contributed by atoms with van der Waals surface area (Å²) < 4.78 is 0. The average molecular weight is 254 g/mol. The van der Waals surface area contributed by atoms with Crippen molar-refractivity contribution in [2.24, 2.45) is 0 Å². The molecule has 0 bridgehead atoms. The molecule has 1 unspecified atom stereocenters. The number of carboxylic acids is 1. The van der Waals surface area contributed by atoms with Crippen LogP contribution in [0.5, 0.6) is 0 Å². The minimum absolute atomic E-state index is 0.197. The fraction of sp³-hybridized carbons (Fsp3) is 0.462. The van der Waals surface area contributed by atoms with Crippen LogP contribution in [0.2, 0.25) is 0 Å². The van der Waals surface area contributed by atoms with Crippen LogP contribution in [-0.4, -0.2) is 28.0 Å². The lowest BCUT2D eigenvalue weighted by Crippen LogP contribution is -2.15. The number of hydrogen-bond donors (Lipinski definition) is 2. The van der Waals surface area contributed by atoms with Gasteiger partial charge in [0.25, 0.3) is 0 Å². The Hall–Kier alpha value is -1.00. The largest absolute Gasteiger partial charge is 0.481 e. The Balaban J connectivity index is 2.44. The lowest BCUT2D eigenvalue weighted by Gasteiger charge is -2.09. The summed E-state index contributed by atoms with van der Waals surface area (Å²) in [5.41, 5.74) is 1.28. The summed E-state index contributed by atoms with van der Waals surface area (Å²) in [4.78, 5) is 11.4. The van der Waals surface area contributed by atoms with Gasteiger partial charge in [-0.3, -0.25) is 4.79 Å². The Morgan fingerprint density at radius 1 is 1.29 bits per heavy atom. The molecule has 0 aliphatic rings. The fourth-order valence-electron chi connectivity index (χ4n) is 1.40. The monoisotopic (exact) mass is 254 g/mol. The molecule has 0 spiro atoms. The van der Waals surface area contributed by atoms with E-state index in [4.69, 9.17) is 5.11 Å². The molecule has 2 N–H and O–H groups in total. The first-order chi connectivity index (χ1) is 7.99. The van der Waals surface area contributed by atoms with Gasteiger partial charge in [-0.2, -0.15) is 0 Å². The van der Waals surface area contributed by atoms with Gasteiger partial charge >= 0.3 is 5.97 Å². The van der Waals surface area contributed by atoms with Crippen LogP contribution < -0.4 is 0 Å². The Morgan fingerprint density at radius 3 is 2.35 bits per heavy atom. The maximum absolute atomic E-state index is 10.4. The number of carboxylic acid groups (broad SMARTS) is 1. The van der Waals surface area contributed by atoms with E-state index in [2.05, 4.69) is 26.0 Å². The fourth-order valence-corrected chi connectivity index (χ4v) is 2.23. The van der Waals surface area contributed by atoms with E-state index in [1.165, 1.54) is 17.3 Å². The van der Waals surface area contributed by atoms with Crippen molar-refractivity contribution >= 4 is 17.7 Å². The van der Waals surface area contributed by atoms with E-state index in [0.717, 1.165) is 4.90 Å². The molecule has 0 fully saturated rings. The van der Waals surface area contributed by atoms with Gasteiger partial charge in [-0.25, -0.2) is 0 Å². The van der Waals surface area contributed by atoms with Crippen LogP contribution in [0.25, 0.3) is 0 Å². The summed E-state index contributed by atoms with van der Waals surface area (Å²) in [7, 11) is 0. The van der Waals surface area contributed by atoms with Crippen LogP contribution in [0, 0.1) is 0 Å². The van der Waals surface area contributed by atoms with Gasteiger partial charge in [0.05, 0.1) is 12.5 Å². The minimum atomic E-state index is -0.965. The SMILES string of the molecule is CC(C)c1ccc(SCC(O)CC(=O)O)cc1. The van der Waals surface area contributed by atoms with Crippen molar-refractivity contribution < 1.29 is 15.0 Å². The van der Waals surface area contributed by atoms with Crippen molar-refractivity contribution in [2.45, 2.75) is 37.2 Å². The molecule has 1 aromatic rings. The summed E-state index contributed by atoms with van der Waals surface area (Å²) in [6.45, 7) is 4.28. The second kappa shape index (κ2) is 6.67. The van der Waals surface area contributed by atoms with Crippen molar-refractivity contribution in [1.29, 1.82) is 0 Å². The minimum Gasteiger partial charge on any atom is -0.481 e. The Labute approximate surface area is 106 Å². The van der Waals surface area contributed by atoms with Crippen molar-refractivity contribution in [3.8, 4) is 0 Å². The van der Waals surface area contributed by atoms with Gasteiger partial charge in [-0.15, -0.1) is 11.8 Å². The third-order valence-electron chi connectivity index (χ3n) is 2.40. The number of aliphatic hydroxyl groups excluding tert-OH is 1. The number of hydrogen-bond acceptors (Lipinski definition) is 3. The molecule has 94 valence electrons. The Kier molecular flexibility index (Phi) is 5.51. The van der Waals surface area contributed by atoms with E-state index >= 15 is 0 Å². The molecule has 0 aromatic heterocycles. The first kappa shape index (κ1) is 14.1. The van der Waals surface area contributed by atoms with E-state index in [0.29, 0.717) is 11.7 Å². The molecule has 3 nitrogen and oxygen atoms in total. The maximum Gasteiger partial charge on any atom is 0.306 e. The standard InChI is InChI=1S/C13H18O3S/c1-9(2)10-3-5-12(6-4-10)17-8-11(14)7-13(15)16/h3-6,9,11,14H,7-8H2,1-2H3,(H,15,16). The molecular weight excluding hydrogens is 236 g/mol. The number of rotatable bonds is 6. The number of aliphatic hydroxyl groups is 1. The Morgan fingerprint density at radius 2 is 1.88 bits per heavy atom. The van der Waals surface area contributed by atoms with E-state index < -0.39 is 12.1 Å². The highest BCUT2D eigenvalue weighted by atomic mass is 32.2. The molecule has 1 aromatic carbocycles. The molecule has 0 saturated carbocycles. The number of thioether (sulfide) groups is 1. The normalized spacial score (nSPS) is 12.7. The topological polar surface area (TPSA) is 57.5 Å². The summed E-state index contributed by atoms with van der Waals surface area (Å²) in [6, 6.07) is 8.15. The summed E-state index contributed by atoms with van der Waals surface area (Å²) in [6.07, 6.45) is -0.987. The highest BCUT2D eigenvalue weighted by molar-refractivity contribution is 7.99. The second-order valence-electron chi connectivity index (χ2n) is 4.29. The van der Waals surface area contributed by atoms with Crippen molar-refractivity contribution in [3.05, 3.63) is 29.8 Å². The highest BCUT2D eigenvalue weighted by Crippen LogP contribution is 2.22. The summed E-state index contributed by atoms with van der Waals surface area (Å²) in [5.74, 6) is -0.0484. The molecule has 0 amide bonds. The molecule has 4 heteroatoms. The van der Waals surface area contributed by atoms with E-state index in [1.54, 1.807) is 0 Å². The van der Waals surface area contributed by atoms with E-state index in [9.17, 15) is 9.90 Å². The zero-order chi connectivity index (χ0) is 12.8. The molecule has 1 rings (SSSR count). The van der Waals surface area contributed by atoms with Gasteiger partial charge in [-0.05, 0) is 23.6 Å². The summed E-state index contributed by atoms with van der Waals surface area (Å²) in [5, 5.41) is 17.9. The van der Waals surface area contributed by atoms with Crippen LogP contribution >= 0.6 is 11.8 Å². The molecule has 0 radical (unpaired) electrons. The summed E-state index contributed by atoms with van der Waals surface area (Å²) >= 11 is 1.48. The van der Waals surface area contributed by atoms with Gasteiger partial charge in [0.15, 0.2) is 0 Å². The first-order valence-electron chi connectivity index (χ1n) is 5.61. The Bertz CT molecular complexity index is 359. The molecule has 0 aliphatic carbocycles. The number of aliphatic carboxylic acids is 1. The smallest absolute Gasteiger partial charge is 0.306 e. The highest BCUT2D eigenvalue weighted by Gasteiger charge is 2.09. The molecule has 0 heterocycles. The van der Waals surface area contributed by atoms with Crippen molar-refractivity contribution in [3.63, 3.8) is 0 Å². The quantitative estimate of drug-likeness (QED) is 0.766. The van der Waals surface area contributed by atoms with Gasteiger partial charge in [-0.1, -0.05) is 26.0 Å². The van der Waals surface area contributed by atoms with Crippen molar-refractivity contribution in [1.82, 2.24) is 0 Å². The van der Waals surface area contributed by atoms with E-state index in [-0.39, 0.29) is 6.42 Å². The van der Waals surface area contributed by atoms with Crippen LogP contribution in [-0.2, 0) is 4.79 Å². The van der Waals surface area contributed by atoms with Gasteiger partial charge in [0.1, 0.15) is 0 Å². The molecule has 1 atom stereocenters. The third-order valence-corrected chi connectivity index (χ3v) is 3.56. The lowest BCUT2D eigenvalue weighted by atomic mass is 10.0. The van der Waals surface area contributed by atoms with Gasteiger partial charge in [0, 0.05) is 10.6 Å². The average Bonchev–Trinajstić information content (AvgIpc) is 2.26. The maximum atomic E-state index is 10.4. The predicted octanol–water partition coefficient (Wildman–Crippen LogP) is 2.74. The van der Waals surface area contributed by atoms with Gasteiger partial charge in [0.2, 0.25) is 0 Å². The van der Waals surface area contributed by atoms with Crippen LogP contribution in [0.4, 0.5) is 0 Å². The van der Waals surface area contributed by atoms with Crippen LogP contribution in [0.1, 0.15) is 31.7 Å². The lowest BCUT2D eigenvalue weighted by molar-refractivity contribution is -0.138. The molecular formula is C13H18O3S. The third kappa shape index (κ3) is 5.24. The van der Waals surface area contributed by atoms with Crippen LogP contribution in [0.3, 0.4) is 0 Å². The van der Waals surface area contributed by atoms with E-state index in [1.807, 2.05) is 12.1 Å². The second-order valence-corrected chi connectivity index (χ2v) is 5.38. The number of benzene rings is 1. The van der Waals surface area contributed by atoms with Crippen LogP contribution in [0.15, 0.2) is 29.2 Å². The van der Waals surface area contributed by atoms with Crippen molar-refractivity contribution in [2.75, 3.05) is 5.75 Å². The van der Waals surface area contributed by atoms with Gasteiger partial charge < -0.3 is 10.2 Å². The number of carbonyl (C=O) groups is 1. The molecule has 17 heavy (non-hydrogen) atoms. The predicted molar refractivity (Wildman–Crippen MR) is 69.5 cm³/mol. The molecule has 0 saturated heterocycles.